The average molecular weight is 279 g/mol. The van der Waals surface area contributed by atoms with Crippen molar-refractivity contribution in [3.63, 3.8) is 0 Å². The van der Waals surface area contributed by atoms with Crippen LogP contribution < -0.4 is 10.6 Å². The van der Waals surface area contributed by atoms with Gasteiger partial charge in [0, 0.05) is 19.0 Å². The van der Waals surface area contributed by atoms with Crippen LogP contribution in [0.2, 0.25) is 0 Å². The fraction of sp³-hybridized carbons (Fsp3) is 0.833. The Bertz CT molecular complexity index is 289. The average Bonchev–Trinajstić information content (AvgIpc) is 2.78. The number of methoxy groups -OCH3 is 1. The van der Waals surface area contributed by atoms with Crippen molar-refractivity contribution < 1.29 is 14.3 Å². The van der Waals surface area contributed by atoms with Gasteiger partial charge in [0.25, 0.3) is 0 Å². The van der Waals surface area contributed by atoms with Crippen molar-refractivity contribution in [3.8, 4) is 0 Å². The highest BCUT2D eigenvalue weighted by Crippen LogP contribution is 2.15. The lowest BCUT2D eigenvalue weighted by molar-refractivity contribution is -0.150. The summed E-state index contributed by atoms with van der Waals surface area (Å²) in [6.45, 7) is 4.82. The Balaban J connectivity index is 0.00000289. The standard InChI is InChI=1S/C12H22N2O3.ClH/c1-12(2,11(16)17-3)8-14-10(15)7-9-5-4-6-13-9;/h9,13H,4-8H2,1-3H3,(H,14,15);1H. The summed E-state index contributed by atoms with van der Waals surface area (Å²) in [4.78, 5) is 23.1. The quantitative estimate of drug-likeness (QED) is 0.732. The van der Waals surface area contributed by atoms with Crippen LogP contribution in [0.1, 0.15) is 33.1 Å². The molecule has 0 bridgehead atoms. The van der Waals surface area contributed by atoms with Gasteiger partial charge < -0.3 is 15.4 Å². The van der Waals surface area contributed by atoms with Crippen LogP contribution in [0, 0.1) is 5.41 Å². The molecule has 106 valence electrons. The highest BCUT2D eigenvalue weighted by Gasteiger charge is 2.29. The van der Waals surface area contributed by atoms with Gasteiger partial charge in [0.15, 0.2) is 0 Å². The molecule has 18 heavy (non-hydrogen) atoms. The predicted molar refractivity (Wildman–Crippen MR) is 71.7 cm³/mol. The molecule has 0 aliphatic carbocycles. The molecule has 1 heterocycles. The second kappa shape index (κ2) is 7.59. The Hall–Kier alpha value is -0.810. The van der Waals surface area contributed by atoms with Crippen LogP contribution in [0.4, 0.5) is 0 Å². The molecule has 0 radical (unpaired) electrons. The lowest BCUT2D eigenvalue weighted by atomic mass is 9.93. The number of amides is 1. The van der Waals surface area contributed by atoms with Gasteiger partial charge in [0.2, 0.25) is 5.91 Å². The van der Waals surface area contributed by atoms with Crippen molar-refractivity contribution in [3.05, 3.63) is 0 Å². The van der Waals surface area contributed by atoms with Crippen LogP contribution in [0.25, 0.3) is 0 Å². The first-order chi connectivity index (χ1) is 7.95. The van der Waals surface area contributed by atoms with Crippen LogP contribution in [-0.4, -0.2) is 38.1 Å². The zero-order valence-electron chi connectivity index (χ0n) is 11.2. The summed E-state index contributed by atoms with van der Waals surface area (Å²) in [5, 5.41) is 6.05. The molecule has 5 nitrogen and oxygen atoms in total. The maximum atomic E-state index is 11.7. The van der Waals surface area contributed by atoms with E-state index in [1.165, 1.54) is 7.11 Å². The van der Waals surface area contributed by atoms with Gasteiger partial charge in [-0.05, 0) is 33.2 Å². The summed E-state index contributed by atoms with van der Waals surface area (Å²) in [6, 6.07) is 0.288. The summed E-state index contributed by atoms with van der Waals surface area (Å²) >= 11 is 0. The van der Waals surface area contributed by atoms with Gasteiger partial charge in [-0.25, -0.2) is 0 Å². The van der Waals surface area contributed by atoms with Gasteiger partial charge >= 0.3 is 5.97 Å². The van der Waals surface area contributed by atoms with Gasteiger partial charge in [0.05, 0.1) is 12.5 Å². The number of hydrogen-bond acceptors (Lipinski definition) is 4. The molecular formula is C12H23ClN2O3. The van der Waals surface area contributed by atoms with Gasteiger partial charge in [-0.15, -0.1) is 12.4 Å². The molecule has 1 unspecified atom stereocenters. The number of carbonyl (C=O) groups is 2. The van der Waals surface area contributed by atoms with E-state index in [1.807, 2.05) is 0 Å². The number of carbonyl (C=O) groups excluding carboxylic acids is 2. The zero-order chi connectivity index (χ0) is 12.9. The first kappa shape index (κ1) is 17.2. The molecule has 1 atom stereocenters. The van der Waals surface area contributed by atoms with Crippen LogP contribution >= 0.6 is 12.4 Å². The van der Waals surface area contributed by atoms with Crippen LogP contribution in [0.15, 0.2) is 0 Å². The number of nitrogens with one attached hydrogen (secondary N) is 2. The molecule has 1 fully saturated rings. The Morgan fingerprint density at radius 1 is 1.44 bits per heavy atom. The summed E-state index contributed by atoms with van der Waals surface area (Å²) in [7, 11) is 1.36. The molecule has 6 heteroatoms. The smallest absolute Gasteiger partial charge is 0.313 e. The number of rotatable bonds is 5. The van der Waals surface area contributed by atoms with Crippen molar-refractivity contribution in [1.29, 1.82) is 0 Å². The Kier molecular flexibility index (Phi) is 7.25. The largest absolute Gasteiger partial charge is 0.469 e. The number of hydrogen-bond donors (Lipinski definition) is 2. The van der Waals surface area contributed by atoms with Crippen molar-refractivity contribution in [2.45, 2.75) is 39.2 Å². The third-order valence-corrected chi connectivity index (χ3v) is 3.06. The molecule has 1 aliphatic rings. The first-order valence-electron chi connectivity index (χ1n) is 6.04. The normalized spacial score (nSPS) is 18.9. The number of esters is 1. The van der Waals surface area contributed by atoms with Crippen molar-refractivity contribution >= 4 is 24.3 Å². The molecule has 0 saturated carbocycles. The molecule has 1 rings (SSSR count). The lowest BCUT2D eigenvalue weighted by Gasteiger charge is -2.22. The van der Waals surface area contributed by atoms with Gasteiger partial charge in [-0.2, -0.15) is 0 Å². The molecular weight excluding hydrogens is 256 g/mol. The maximum absolute atomic E-state index is 11.7. The van der Waals surface area contributed by atoms with Crippen LogP contribution in [0.3, 0.4) is 0 Å². The first-order valence-corrected chi connectivity index (χ1v) is 6.04. The highest BCUT2D eigenvalue weighted by atomic mass is 35.5. The predicted octanol–water partition coefficient (Wildman–Crippen LogP) is 0.866. The monoisotopic (exact) mass is 278 g/mol. The van der Waals surface area contributed by atoms with E-state index in [4.69, 9.17) is 0 Å². The molecule has 0 aromatic heterocycles. The van der Waals surface area contributed by atoms with Gasteiger partial charge in [-0.3, -0.25) is 9.59 Å². The molecule has 0 aromatic rings. The summed E-state index contributed by atoms with van der Waals surface area (Å²) in [5.41, 5.74) is -0.673. The Labute approximate surface area is 114 Å². The molecule has 1 aliphatic heterocycles. The zero-order valence-corrected chi connectivity index (χ0v) is 12.1. The highest BCUT2D eigenvalue weighted by molar-refractivity contribution is 5.85. The molecule has 1 amide bonds. The van der Waals surface area contributed by atoms with E-state index in [1.54, 1.807) is 13.8 Å². The fourth-order valence-corrected chi connectivity index (χ4v) is 1.89. The molecule has 0 aromatic carbocycles. The minimum atomic E-state index is -0.673. The van der Waals surface area contributed by atoms with Crippen molar-refractivity contribution in [2.24, 2.45) is 5.41 Å². The van der Waals surface area contributed by atoms with E-state index in [0.29, 0.717) is 13.0 Å². The minimum absolute atomic E-state index is 0. The van der Waals surface area contributed by atoms with E-state index in [9.17, 15) is 9.59 Å². The van der Waals surface area contributed by atoms with Gasteiger partial charge in [-0.1, -0.05) is 0 Å². The van der Waals surface area contributed by atoms with Crippen LogP contribution in [-0.2, 0) is 14.3 Å². The van der Waals surface area contributed by atoms with E-state index in [0.717, 1.165) is 19.4 Å². The van der Waals surface area contributed by atoms with E-state index < -0.39 is 5.41 Å². The van der Waals surface area contributed by atoms with E-state index in [-0.39, 0.29) is 30.3 Å². The Morgan fingerprint density at radius 3 is 2.61 bits per heavy atom. The fourth-order valence-electron chi connectivity index (χ4n) is 1.89. The third-order valence-electron chi connectivity index (χ3n) is 3.06. The molecule has 1 saturated heterocycles. The van der Waals surface area contributed by atoms with Gasteiger partial charge in [0.1, 0.15) is 0 Å². The number of halogens is 1. The summed E-state index contributed by atoms with van der Waals surface area (Å²) in [5.74, 6) is -0.321. The summed E-state index contributed by atoms with van der Waals surface area (Å²) in [6.07, 6.45) is 2.66. The maximum Gasteiger partial charge on any atom is 0.313 e. The Morgan fingerprint density at radius 2 is 2.11 bits per heavy atom. The molecule has 2 N–H and O–H groups in total. The van der Waals surface area contributed by atoms with Crippen molar-refractivity contribution in [2.75, 3.05) is 20.2 Å². The third kappa shape index (κ3) is 5.23. The van der Waals surface area contributed by atoms with E-state index >= 15 is 0 Å². The van der Waals surface area contributed by atoms with Crippen molar-refractivity contribution in [1.82, 2.24) is 10.6 Å². The summed E-state index contributed by atoms with van der Waals surface area (Å²) < 4.78 is 4.68. The van der Waals surface area contributed by atoms with Crippen LogP contribution in [0.5, 0.6) is 0 Å². The lowest BCUT2D eigenvalue weighted by Crippen LogP contribution is -2.41. The minimum Gasteiger partial charge on any atom is -0.469 e. The molecule has 0 spiro atoms. The second-order valence-electron chi connectivity index (χ2n) is 5.15. The SMILES string of the molecule is COC(=O)C(C)(C)CNC(=O)CC1CCCN1.Cl. The number of ether oxygens (including phenoxy) is 1. The topological polar surface area (TPSA) is 67.4 Å². The second-order valence-corrected chi connectivity index (χ2v) is 5.15. The van der Waals surface area contributed by atoms with E-state index in [2.05, 4.69) is 15.4 Å².